The first-order valence-electron chi connectivity index (χ1n) is 7.14. The van der Waals surface area contributed by atoms with Gasteiger partial charge in [0.05, 0.1) is 15.9 Å². The Labute approximate surface area is 134 Å². The molecule has 1 aliphatic heterocycles. The van der Waals surface area contributed by atoms with Gasteiger partial charge in [0.15, 0.2) is 9.84 Å². The fourth-order valence-electron chi connectivity index (χ4n) is 2.56. The first kappa shape index (κ1) is 17.2. The van der Waals surface area contributed by atoms with Crippen LogP contribution in [0, 0.1) is 10.1 Å². The number of nitrogens with zero attached hydrogens (tertiary/aromatic N) is 2. The third-order valence-corrected chi connectivity index (χ3v) is 4.85. The van der Waals surface area contributed by atoms with Crippen molar-refractivity contribution in [1.29, 1.82) is 0 Å². The highest BCUT2D eigenvalue weighted by Crippen LogP contribution is 2.29. The van der Waals surface area contributed by atoms with E-state index in [1.807, 2.05) is 13.8 Å². The summed E-state index contributed by atoms with van der Waals surface area (Å²) in [5.41, 5.74) is -0.103. The van der Waals surface area contributed by atoms with E-state index in [0.29, 0.717) is 6.54 Å². The maximum Gasteiger partial charge on any atom is 0.293 e. The van der Waals surface area contributed by atoms with E-state index in [4.69, 9.17) is 0 Å². The molecule has 1 amide bonds. The molecule has 1 unspecified atom stereocenters. The number of hydrogen-bond acceptors (Lipinski definition) is 6. The maximum absolute atomic E-state index is 11.9. The van der Waals surface area contributed by atoms with Gasteiger partial charge in [-0.1, -0.05) is 0 Å². The lowest BCUT2D eigenvalue weighted by Crippen LogP contribution is -2.33. The Kier molecular flexibility index (Phi) is 4.60. The number of amides is 1. The molecule has 1 aromatic carbocycles. The summed E-state index contributed by atoms with van der Waals surface area (Å²) < 4.78 is 23.1. The average Bonchev–Trinajstić information content (AvgIpc) is 2.78. The molecule has 0 saturated carbocycles. The number of rotatable bonds is 5. The van der Waals surface area contributed by atoms with Gasteiger partial charge in [0, 0.05) is 31.3 Å². The SMILES string of the molecule is CC(C)N1CC(Nc2ccc(S(C)(=O)=O)cc2[N+](=O)[O-])CC1=O. The van der Waals surface area contributed by atoms with Crippen molar-refractivity contribution in [1.82, 2.24) is 4.90 Å². The predicted octanol–water partition coefficient (Wildman–Crippen LogP) is 1.42. The molecule has 1 N–H and O–H groups in total. The zero-order valence-corrected chi connectivity index (χ0v) is 14.0. The third kappa shape index (κ3) is 3.79. The highest BCUT2D eigenvalue weighted by Gasteiger charge is 2.32. The summed E-state index contributed by atoms with van der Waals surface area (Å²) in [7, 11) is -3.53. The zero-order chi connectivity index (χ0) is 17.4. The Balaban J connectivity index is 2.27. The van der Waals surface area contributed by atoms with Crippen LogP contribution in [-0.2, 0) is 14.6 Å². The number of nitro groups is 1. The van der Waals surface area contributed by atoms with Crippen molar-refractivity contribution in [3.8, 4) is 0 Å². The second-order valence-corrected chi connectivity index (χ2v) is 7.91. The quantitative estimate of drug-likeness (QED) is 0.641. The van der Waals surface area contributed by atoms with E-state index < -0.39 is 14.8 Å². The summed E-state index contributed by atoms with van der Waals surface area (Å²) in [6.45, 7) is 4.27. The molecule has 1 aliphatic rings. The second-order valence-electron chi connectivity index (χ2n) is 5.89. The molecule has 0 aliphatic carbocycles. The van der Waals surface area contributed by atoms with Crippen molar-refractivity contribution in [2.75, 3.05) is 18.1 Å². The second kappa shape index (κ2) is 6.15. The lowest BCUT2D eigenvalue weighted by atomic mass is 10.2. The Bertz CT molecular complexity index is 745. The summed E-state index contributed by atoms with van der Waals surface area (Å²) in [6, 6.07) is 3.55. The third-order valence-electron chi connectivity index (χ3n) is 3.74. The van der Waals surface area contributed by atoms with Crippen molar-refractivity contribution >= 4 is 27.1 Å². The Morgan fingerprint density at radius 1 is 1.39 bits per heavy atom. The molecule has 0 radical (unpaired) electrons. The number of nitrogens with one attached hydrogen (secondary N) is 1. The fraction of sp³-hybridized carbons (Fsp3) is 0.500. The largest absolute Gasteiger partial charge is 0.374 e. The standard InChI is InChI=1S/C14H19N3O5S/c1-9(2)16-8-10(6-14(16)18)15-12-5-4-11(23(3,21)22)7-13(12)17(19)20/h4-5,7,9-10,15H,6,8H2,1-3H3. The lowest BCUT2D eigenvalue weighted by Gasteiger charge is -2.21. The highest BCUT2D eigenvalue weighted by molar-refractivity contribution is 7.90. The van der Waals surface area contributed by atoms with Gasteiger partial charge in [-0.15, -0.1) is 0 Å². The number of nitro benzene ring substituents is 1. The number of carbonyl (C=O) groups is 1. The van der Waals surface area contributed by atoms with Gasteiger partial charge in [0.2, 0.25) is 5.91 Å². The number of hydrogen-bond donors (Lipinski definition) is 1. The van der Waals surface area contributed by atoms with Gasteiger partial charge >= 0.3 is 0 Å². The number of anilines is 1. The Hall–Kier alpha value is -2.16. The van der Waals surface area contributed by atoms with Crippen LogP contribution < -0.4 is 5.32 Å². The first-order chi connectivity index (χ1) is 10.6. The molecule has 2 rings (SSSR count). The van der Waals surface area contributed by atoms with E-state index in [9.17, 15) is 23.3 Å². The highest BCUT2D eigenvalue weighted by atomic mass is 32.2. The topological polar surface area (TPSA) is 110 Å². The van der Waals surface area contributed by atoms with E-state index >= 15 is 0 Å². The summed E-state index contributed by atoms with van der Waals surface area (Å²) in [5.74, 6) is -0.00657. The monoisotopic (exact) mass is 341 g/mol. The number of likely N-dealkylation sites (tertiary alicyclic amines) is 1. The Morgan fingerprint density at radius 2 is 2.04 bits per heavy atom. The smallest absolute Gasteiger partial charge is 0.293 e. The normalized spacial score (nSPS) is 18.5. The predicted molar refractivity (Wildman–Crippen MR) is 85.1 cm³/mol. The fourth-order valence-corrected chi connectivity index (χ4v) is 3.20. The lowest BCUT2D eigenvalue weighted by molar-refractivity contribution is -0.384. The summed E-state index contributed by atoms with van der Waals surface area (Å²) in [4.78, 5) is 24.1. The van der Waals surface area contributed by atoms with Crippen molar-refractivity contribution in [3.63, 3.8) is 0 Å². The molecule has 23 heavy (non-hydrogen) atoms. The molecule has 8 nitrogen and oxygen atoms in total. The minimum Gasteiger partial charge on any atom is -0.374 e. The van der Waals surface area contributed by atoms with Crippen LogP contribution in [0.15, 0.2) is 23.1 Å². The molecule has 1 saturated heterocycles. The van der Waals surface area contributed by atoms with E-state index in [1.165, 1.54) is 12.1 Å². The van der Waals surface area contributed by atoms with E-state index in [-0.39, 0.29) is 40.7 Å². The van der Waals surface area contributed by atoms with Gasteiger partial charge in [0.1, 0.15) is 5.69 Å². The maximum atomic E-state index is 11.9. The Morgan fingerprint density at radius 3 is 2.52 bits per heavy atom. The van der Waals surface area contributed by atoms with Gasteiger partial charge in [-0.25, -0.2) is 8.42 Å². The van der Waals surface area contributed by atoms with E-state index in [0.717, 1.165) is 12.3 Å². The number of carbonyl (C=O) groups excluding carboxylic acids is 1. The number of sulfone groups is 1. The van der Waals surface area contributed by atoms with Crippen LogP contribution in [-0.4, -0.2) is 49.0 Å². The van der Waals surface area contributed by atoms with Gasteiger partial charge < -0.3 is 10.2 Å². The molecular formula is C14H19N3O5S. The van der Waals surface area contributed by atoms with Crippen LogP contribution >= 0.6 is 0 Å². The van der Waals surface area contributed by atoms with Crippen molar-refractivity contribution in [2.24, 2.45) is 0 Å². The first-order valence-corrected chi connectivity index (χ1v) is 9.03. The molecule has 0 aromatic heterocycles. The summed E-state index contributed by atoms with van der Waals surface area (Å²) >= 11 is 0. The molecular weight excluding hydrogens is 322 g/mol. The van der Waals surface area contributed by atoms with Gasteiger partial charge in [-0.3, -0.25) is 14.9 Å². The minimum atomic E-state index is -3.53. The molecule has 9 heteroatoms. The van der Waals surface area contributed by atoms with Crippen molar-refractivity contribution in [3.05, 3.63) is 28.3 Å². The van der Waals surface area contributed by atoms with Crippen LogP contribution in [0.25, 0.3) is 0 Å². The van der Waals surface area contributed by atoms with Gasteiger partial charge in [-0.05, 0) is 26.0 Å². The van der Waals surface area contributed by atoms with Crippen LogP contribution in [0.2, 0.25) is 0 Å². The zero-order valence-electron chi connectivity index (χ0n) is 13.1. The molecule has 1 fully saturated rings. The molecule has 126 valence electrons. The van der Waals surface area contributed by atoms with Crippen LogP contribution in [0.1, 0.15) is 20.3 Å². The van der Waals surface area contributed by atoms with Crippen LogP contribution in [0.4, 0.5) is 11.4 Å². The number of benzene rings is 1. The van der Waals surface area contributed by atoms with Crippen LogP contribution in [0.3, 0.4) is 0 Å². The van der Waals surface area contributed by atoms with Crippen LogP contribution in [0.5, 0.6) is 0 Å². The molecule has 0 spiro atoms. The summed E-state index contributed by atoms with van der Waals surface area (Å²) in [5, 5.41) is 14.2. The summed E-state index contributed by atoms with van der Waals surface area (Å²) in [6.07, 6.45) is 1.25. The van der Waals surface area contributed by atoms with Gasteiger partial charge in [-0.2, -0.15) is 0 Å². The van der Waals surface area contributed by atoms with E-state index in [2.05, 4.69) is 5.32 Å². The van der Waals surface area contributed by atoms with E-state index in [1.54, 1.807) is 4.90 Å². The average molecular weight is 341 g/mol. The van der Waals surface area contributed by atoms with Crippen molar-refractivity contribution < 1.29 is 18.1 Å². The molecule has 1 heterocycles. The van der Waals surface area contributed by atoms with Crippen molar-refractivity contribution in [2.45, 2.75) is 37.2 Å². The molecule has 1 atom stereocenters. The minimum absolute atomic E-state index is 0.00657. The molecule has 0 bridgehead atoms. The molecule has 1 aromatic rings. The van der Waals surface area contributed by atoms with Gasteiger partial charge in [0.25, 0.3) is 5.69 Å².